The number of fused-ring (bicyclic) bond motifs is 1. The van der Waals surface area contributed by atoms with E-state index in [4.69, 9.17) is 16.3 Å². The molecule has 1 N–H and O–H groups in total. The van der Waals surface area contributed by atoms with E-state index >= 15 is 0 Å². The Morgan fingerprint density at radius 3 is 2.54 bits per heavy atom. The van der Waals surface area contributed by atoms with E-state index in [0.29, 0.717) is 39.5 Å². The van der Waals surface area contributed by atoms with Crippen LogP contribution in [0.3, 0.4) is 0 Å². The molecule has 1 amide bonds. The van der Waals surface area contributed by atoms with Crippen molar-refractivity contribution in [3.8, 4) is 12.1 Å². The maximum Gasteiger partial charge on any atom is 0.416 e. The van der Waals surface area contributed by atoms with Gasteiger partial charge in [0.1, 0.15) is 23.9 Å². The van der Waals surface area contributed by atoms with Gasteiger partial charge in [-0.1, -0.05) is 43.7 Å². The number of hydrogen-bond donors (Lipinski definition) is 1. The first-order chi connectivity index (χ1) is 21.9. The lowest BCUT2D eigenvalue weighted by molar-refractivity contribution is -0.0989. The molecule has 2 atom stereocenters. The van der Waals surface area contributed by atoms with Gasteiger partial charge < -0.3 is 10.1 Å². The highest BCUT2D eigenvalue weighted by Gasteiger charge is 2.59. The van der Waals surface area contributed by atoms with Crippen LogP contribution in [0.5, 0.6) is 0 Å². The van der Waals surface area contributed by atoms with Crippen LogP contribution in [0.1, 0.15) is 81.1 Å². The number of aromatic nitrogens is 5. The van der Waals surface area contributed by atoms with E-state index in [1.54, 1.807) is 19.1 Å². The van der Waals surface area contributed by atoms with Crippen LogP contribution in [0.4, 0.5) is 20.6 Å². The second kappa shape index (κ2) is 11.5. The molecule has 0 saturated heterocycles. The van der Waals surface area contributed by atoms with E-state index in [1.807, 2.05) is 17.8 Å². The summed E-state index contributed by atoms with van der Waals surface area (Å²) in [5, 5.41) is 33.2. The second-order valence-corrected chi connectivity index (χ2v) is 13.5. The van der Waals surface area contributed by atoms with Crippen molar-refractivity contribution in [3.63, 3.8) is 0 Å². The van der Waals surface area contributed by atoms with Crippen molar-refractivity contribution in [3.05, 3.63) is 70.7 Å². The van der Waals surface area contributed by atoms with E-state index in [1.165, 1.54) is 23.2 Å². The van der Waals surface area contributed by atoms with Crippen LogP contribution < -0.4 is 10.2 Å². The topological polar surface area (TPSA) is 146 Å². The lowest BCUT2D eigenvalue weighted by Crippen LogP contribution is -2.59. The molecule has 4 aromatic rings. The number of aryl methyl sites for hydroxylation is 1. The average molecular weight is 642 g/mol. The number of alkyl halides is 1. The van der Waals surface area contributed by atoms with Crippen LogP contribution in [0.15, 0.2) is 36.7 Å². The van der Waals surface area contributed by atoms with E-state index in [-0.39, 0.29) is 33.8 Å². The van der Waals surface area contributed by atoms with Crippen molar-refractivity contribution in [1.82, 2.24) is 25.0 Å². The van der Waals surface area contributed by atoms with Crippen LogP contribution >= 0.6 is 11.6 Å². The lowest BCUT2D eigenvalue weighted by atomic mass is 9.50. The number of hydrogen-bond acceptors (Lipinski definition) is 9. The minimum Gasteiger partial charge on any atom is -0.433 e. The van der Waals surface area contributed by atoms with Crippen molar-refractivity contribution in [2.24, 2.45) is 11.3 Å². The van der Waals surface area contributed by atoms with Crippen LogP contribution in [0.25, 0.3) is 10.9 Å². The van der Waals surface area contributed by atoms with Crippen molar-refractivity contribution in [2.75, 3.05) is 16.3 Å². The molecule has 13 heteroatoms. The quantitative estimate of drug-likeness (QED) is 0.164. The van der Waals surface area contributed by atoms with Gasteiger partial charge >= 0.3 is 6.09 Å². The first kappa shape index (κ1) is 31.2. The molecule has 46 heavy (non-hydrogen) atoms. The molecule has 0 radical (unpaired) electrons. The molecule has 0 unspecified atom stereocenters. The Morgan fingerprint density at radius 1 is 1.24 bits per heavy atom. The average Bonchev–Trinajstić information content (AvgIpc) is 3.43. The van der Waals surface area contributed by atoms with Crippen LogP contribution in [0.2, 0.25) is 0 Å². The van der Waals surface area contributed by atoms with Crippen LogP contribution in [-0.2, 0) is 10.3 Å². The third kappa shape index (κ3) is 5.27. The van der Waals surface area contributed by atoms with Gasteiger partial charge in [-0.05, 0) is 62.6 Å². The van der Waals surface area contributed by atoms with Gasteiger partial charge in [-0.2, -0.15) is 14.9 Å². The number of benzene rings is 1. The summed E-state index contributed by atoms with van der Waals surface area (Å²) < 4.78 is 21.5. The van der Waals surface area contributed by atoms with E-state index < -0.39 is 24.1 Å². The van der Waals surface area contributed by atoms with Crippen molar-refractivity contribution >= 4 is 40.0 Å². The predicted octanol–water partition coefficient (Wildman–Crippen LogP) is 6.70. The van der Waals surface area contributed by atoms with Gasteiger partial charge in [-0.15, -0.1) is 5.10 Å². The summed E-state index contributed by atoms with van der Waals surface area (Å²) in [7, 11) is 0. The van der Waals surface area contributed by atoms with Crippen molar-refractivity contribution < 1.29 is 13.9 Å². The van der Waals surface area contributed by atoms with Gasteiger partial charge in [0.2, 0.25) is 5.95 Å². The van der Waals surface area contributed by atoms with Crippen LogP contribution in [-0.4, -0.2) is 43.2 Å². The predicted molar refractivity (Wildman–Crippen MR) is 170 cm³/mol. The monoisotopic (exact) mass is 641 g/mol. The number of amides is 1. The number of ether oxygens (including phenoxy) is 1. The summed E-state index contributed by atoms with van der Waals surface area (Å²) in [6, 6.07) is 8.82. The molecular weight excluding hydrogens is 609 g/mol. The number of carbonyl (C=O) groups is 1. The Kier molecular flexibility index (Phi) is 7.81. The number of pyridine rings is 2. The van der Waals surface area contributed by atoms with Gasteiger partial charge in [0, 0.05) is 28.9 Å². The molecule has 3 heterocycles. The highest BCUT2D eigenvalue weighted by Crippen LogP contribution is 2.62. The minimum absolute atomic E-state index is 0.0847. The molecule has 3 saturated carbocycles. The molecule has 3 fully saturated rings. The number of carbonyl (C=O) groups excluding carboxylic acids is 1. The van der Waals surface area contributed by atoms with Crippen LogP contribution in [0, 0.1) is 46.9 Å². The number of nitrogens with zero attached hydrogens (tertiary/aromatic N) is 8. The summed E-state index contributed by atoms with van der Waals surface area (Å²) in [6.45, 7) is 9.85. The highest BCUT2D eigenvalue weighted by atomic mass is 35.5. The number of anilines is 2. The molecule has 236 valence electrons. The standard InChI is InChI=1S/C33H33ClFN9O2/c1-18-24(6-7-27(35)39-18)30(26-16-43(42-41-26)33-10-20(11-33)12-33)44(31(45)46-17-34)23-8-21(13-36)28-25(9-23)29(22(14-37)15-38-28)40-19(2)32(3,4)5/h6-9,15-16,19-20,30H,10-12,17H2,1-5H3,(H,38,40)/t19-,20?,30+,33?/m1/s1. The van der Waals surface area contributed by atoms with Gasteiger partial charge in [-0.3, -0.25) is 9.88 Å². The van der Waals surface area contributed by atoms with Gasteiger partial charge in [-0.25, -0.2) is 14.5 Å². The fourth-order valence-electron chi connectivity index (χ4n) is 6.27. The zero-order valence-electron chi connectivity index (χ0n) is 26.2. The molecular formula is C33H33ClFN9O2. The fraction of sp³-hybridized carbons (Fsp3) is 0.424. The largest absolute Gasteiger partial charge is 0.433 e. The molecule has 2 bridgehead atoms. The molecule has 3 aliphatic carbocycles. The summed E-state index contributed by atoms with van der Waals surface area (Å²) in [5.41, 5.74) is 2.44. The maximum atomic E-state index is 14.3. The third-order valence-electron chi connectivity index (χ3n) is 9.44. The van der Waals surface area contributed by atoms with Crippen molar-refractivity contribution in [2.45, 2.75) is 71.5 Å². The smallest absolute Gasteiger partial charge is 0.416 e. The molecule has 0 aliphatic heterocycles. The highest BCUT2D eigenvalue weighted by molar-refractivity contribution is 6.17. The zero-order chi connectivity index (χ0) is 33.0. The normalized spacial score (nSPS) is 19.6. The number of halogens is 2. The fourth-order valence-corrected chi connectivity index (χ4v) is 6.36. The first-order valence-electron chi connectivity index (χ1n) is 15.0. The first-order valence-corrected chi connectivity index (χ1v) is 15.5. The van der Waals surface area contributed by atoms with E-state index in [9.17, 15) is 19.7 Å². The maximum absolute atomic E-state index is 14.3. The lowest BCUT2D eigenvalue weighted by Gasteiger charge is -2.61. The molecule has 3 aromatic heterocycles. The molecule has 1 aromatic carbocycles. The summed E-state index contributed by atoms with van der Waals surface area (Å²) in [4.78, 5) is 23.7. The zero-order valence-corrected chi connectivity index (χ0v) is 26.9. The molecule has 7 rings (SSSR count). The number of nitrogens with one attached hydrogen (secondary N) is 1. The number of rotatable bonds is 8. The van der Waals surface area contributed by atoms with Gasteiger partial charge in [0.25, 0.3) is 0 Å². The minimum atomic E-state index is -0.995. The summed E-state index contributed by atoms with van der Waals surface area (Å²) in [5.74, 6) is 0.0172. The van der Waals surface area contributed by atoms with Gasteiger partial charge in [0.05, 0.1) is 39.8 Å². The summed E-state index contributed by atoms with van der Waals surface area (Å²) >= 11 is 5.92. The van der Waals surface area contributed by atoms with E-state index in [2.05, 4.69) is 58.5 Å². The Hall–Kier alpha value is -4.81. The second-order valence-electron chi connectivity index (χ2n) is 13.3. The SMILES string of the molecule is Cc1nc(F)ccc1[C@@H](c1cn(C23CC(C2)C3)nn1)N(C(=O)OCCl)c1cc(C#N)c2ncc(C#N)c(N[C@H](C)C(C)(C)C)c2c1. The van der Waals surface area contributed by atoms with E-state index in [0.717, 1.165) is 19.3 Å². The molecule has 3 aliphatic rings. The van der Waals surface area contributed by atoms with Gasteiger partial charge in [0.15, 0.2) is 6.07 Å². The summed E-state index contributed by atoms with van der Waals surface area (Å²) in [6.07, 6.45) is 5.45. The molecule has 0 spiro atoms. The third-order valence-corrected chi connectivity index (χ3v) is 9.55. The van der Waals surface area contributed by atoms with Crippen molar-refractivity contribution in [1.29, 1.82) is 10.5 Å². The molecule has 11 nitrogen and oxygen atoms in total. The number of nitriles is 2. The Balaban J connectivity index is 1.59. The Morgan fingerprint density at radius 2 is 1.96 bits per heavy atom. The Labute approximate surface area is 270 Å². The Bertz CT molecular complexity index is 1920.